The van der Waals surface area contributed by atoms with Gasteiger partial charge in [0.25, 0.3) is 0 Å². The van der Waals surface area contributed by atoms with Gasteiger partial charge in [-0.15, -0.1) is 0 Å². The van der Waals surface area contributed by atoms with Crippen LogP contribution in [0.1, 0.15) is 17.4 Å². The zero-order chi connectivity index (χ0) is 11.5. The molecule has 2 aromatic rings. The Morgan fingerprint density at radius 2 is 1.88 bits per heavy atom. The van der Waals surface area contributed by atoms with Gasteiger partial charge >= 0.3 is 0 Å². The maximum Gasteiger partial charge on any atom is 0.116 e. The molecule has 0 aromatic carbocycles. The maximum atomic E-state index is 5.52. The minimum Gasteiger partial charge on any atom is -0.469 e. The molecule has 1 saturated heterocycles. The molecular weight excluding hydrogens is 216 g/mol. The predicted octanol–water partition coefficient (Wildman–Crippen LogP) is 1.58. The van der Waals surface area contributed by atoms with E-state index < -0.39 is 0 Å². The average molecular weight is 231 g/mol. The fraction of sp³-hybridized carbons (Fsp3) is 0.385. The van der Waals surface area contributed by atoms with Crippen molar-refractivity contribution in [3.63, 3.8) is 0 Å². The van der Waals surface area contributed by atoms with Gasteiger partial charge in [0, 0.05) is 19.6 Å². The SMILES string of the molecule is c1coc(C(c2ccco2)C2CNCC[N]2)c1. The summed E-state index contributed by atoms with van der Waals surface area (Å²) in [6.07, 6.45) is 3.39. The van der Waals surface area contributed by atoms with Gasteiger partial charge in [-0.3, -0.25) is 0 Å². The Morgan fingerprint density at radius 3 is 2.35 bits per heavy atom. The van der Waals surface area contributed by atoms with Crippen molar-refractivity contribution in [3.05, 3.63) is 48.3 Å². The van der Waals surface area contributed by atoms with Crippen LogP contribution in [-0.2, 0) is 0 Å². The number of rotatable bonds is 3. The molecule has 1 aliphatic heterocycles. The van der Waals surface area contributed by atoms with Gasteiger partial charge in [-0.2, -0.15) is 0 Å². The topological polar surface area (TPSA) is 52.4 Å². The van der Waals surface area contributed by atoms with Gasteiger partial charge in [0.2, 0.25) is 0 Å². The lowest BCUT2D eigenvalue weighted by Crippen LogP contribution is -2.47. The normalized spacial score (nSPS) is 20.9. The number of piperazine rings is 1. The first kappa shape index (κ1) is 10.6. The summed E-state index contributed by atoms with van der Waals surface area (Å²) in [4.78, 5) is 0. The quantitative estimate of drug-likeness (QED) is 0.872. The van der Waals surface area contributed by atoms with Crippen molar-refractivity contribution in [2.75, 3.05) is 19.6 Å². The average Bonchev–Trinajstić information content (AvgIpc) is 3.04. The fourth-order valence-electron chi connectivity index (χ4n) is 2.30. The Balaban J connectivity index is 1.91. The van der Waals surface area contributed by atoms with Crippen molar-refractivity contribution in [1.29, 1.82) is 0 Å². The van der Waals surface area contributed by atoms with E-state index in [1.54, 1.807) is 12.5 Å². The molecule has 4 nitrogen and oxygen atoms in total. The van der Waals surface area contributed by atoms with Crippen molar-refractivity contribution >= 4 is 0 Å². The highest BCUT2D eigenvalue weighted by Crippen LogP contribution is 2.29. The second-order valence-corrected chi connectivity index (χ2v) is 4.19. The summed E-state index contributed by atoms with van der Waals surface area (Å²) in [7, 11) is 0. The largest absolute Gasteiger partial charge is 0.469 e. The zero-order valence-electron chi connectivity index (χ0n) is 9.50. The van der Waals surface area contributed by atoms with Gasteiger partial charge in [0.05, 0.1) is 24.5 Å². The second-order valence-electron chi connectivity index (χ2n) is 4.19. The highest BCUT2D eigenvalue weighted by atomic mass is 16.3. The first-order valence-electron chi connectivity index (χ1n) is 5.89. The summed E-state index contributed by atoms with van der Waals surface area (Å²) in [5, 5.41) is 8.02. The van der Waals surface area contributed by atoms with E-state index in [2.05, 4.69) is 10.6 Å². The molecule has 0 aliphatic carbocycles. The Labute approximate surface area is 100.0 Å². The summed E-state index contributed by atoms with van der Waals surface area (Å²) in [5.41, 5.74) is 0. The van der Waals surface area contributed by atoms with Crippen LogP contribution in [-0.4, -0.2) is 25.7 Å². The maximum absolute atomic E-state index is 5.52. The van der Waals surface area contributed by atoms with Gasteiger partial charge < -0.3 is 14.2 Å². The van der Waals surface area contributed by atoms with Crippen LogP contribution >= 0.6 is 0 Å². The van der Waals surface area contributed by atoms with E-state index in [1.807, 2.05) is 24.3 Å². The van der Waals surface area contributed by atoms with E-state index in [0.717, 1.165) is 31.2 Å². The smallest absolute Gasteiger partial charge is 0.116 e. The molecule has 1 radical (unpaired) electrons. The lowest BCUT2D eigenvalue weighted by Gasteiger charge is -2.28. The second kappa shape index (κ2) is 4.77. The Hall–Kier alpha value is -1.52. The van der Waals surface area contributed by atoms with E-state index in [0.29, 0.717) is 0 Å². The standard InChI is InChI=1S/C13H15N2O2/c1-3-11(16-7-1)13(12-4-2-8-17-12)10-9-14-5-6-15-10/h1-4,7-8,10,13-14H,5-6,9H2. The summed E-state index contributed by atoms with van der Waals surface area (Å²) in [5.74, 6) is 1.91. The summed E-state index contributed by atoms with van der Waals surface area (Å²) >= 11 is 0. The van der Waals surface area contributed by atoms with Crippen LogP contribution in [0.15, 0.2) is 45.6 Å². The number of nitrogens with one attached hydrogen (secondary N) is 1. The molecule has 4 heteroatoms. The molecule has 1 fully saturated rings. The van der Waals surface area contributed by atoms with Crippen LogP contribution in [0.2, 0.25) is 0 Å². The van der Waals surface area contributed by atoms with Crippen molar-refractivity contribution < 1.29 is 8.83 Å². The van der Waals surface area contributed by atoms with Gasteiger partial charge in [-0.05, 0) is 24.3 Å². The molecule has 0 saturated carbocycles. The van der Waals surface area contributed by atoms with Crippen molar-refractivity contribution in [2.45, 2.75) is 12.0 Å². The van der Waals surface area contributed by atoms with E-state index >= 15 is 0 Å². The van der Waals surface area contributed by atoms with Crippen molar-refractivity contribution in [3.8, 4) is 0 Å². The van der Waals surface area contributed by atoms with Crippen LogP contribution < -0.4 is 10.6 Å². The number of hydrogen-bond donors (Lipinski definition) is 1. The highest BCUT2D eigenvalue weighted by molar-refractivity contribution is 5.22. The van der Waals surface area contributed by atoms with E-state index in [4.69, 9.17) is 8.83 Å². The molecule has 1 aliphatic rings. The number of nitrogens with zero attached hydrogens (tertiary/aromatic N) is 1. The van der Waals surface area contributed by atoms with Gasteiger partial charge in [-0.25, -0.2) is 5.32 Å². The molecule has 3 heterocycles. The highest BCUT2D eigenvalue weighted by Gasteiger charge is 2.31. The molecule has 0 bridgehead atoms. The van der Waals surface area contributed by atoms with E-state index in [-0.39, 0.29) is 12.0 Å². The minimum atomic E-state index is 0.0767. The van der Waals surface area contributed by atoms with Gasteiger partial charge in [-0.1, -0.05) is 0 Å². The molecule has 1 unspecified atom stereocenters. The monoisotopic (exact) mass is 231 g/mol. The van der Waals surface area contributed by atoms with Crippen LogP contribution in [0.5, 0.6) is 0 Å². The van der Waals surface area contributed by atoms with Crippen LogP contribution in [0, 0.1) is 0 Å². The molecule has 0 spiro atoms. The lowest BCUT2D eigenvalue weighted by molar-refractivity contribution is 0.319. The third kappa shape index (κ3) is 2.14. The minimum absolute atomic E-state index is 0.0767. The summed E-state index contributed by atoms with van der Waals surface area (Å²) < 4.78 is 11.0. The molecule has 0 amide bonds. The Kier molecular flexibility index (Phi) is 2.98. The Bertz CT molecular complexity index is 396. The molecule has 3 rings (SSSR count). The molecule has 89 valence electrons. The zero-order valence-corrected chi connectivity index (χ0v) is 9.50. The van der Waals surface area contributed by atoms with Gasteiger partial charge in [0.1, 0.15) is 11.5 Å². The first-order valence-corrected chi connectivity index (χ1v) is 5.89. The van der Waals surface area contributed by atoms with E-state index in [9.17, 15) is 0 Å². The fourth-order valence-corrected chi connectivity index (χ4v) is 2.30. The molecule has 1 N–H and O–H groups in total. The third-order valence-corrected chi connectivity index (χ3v) is 3.09. The predicted molar refractivity (Wildman–Crippen MR) is 62.9 cm³/mol. The number of furan rings is 2. The summed E-state index contributed by atoms with van der Waals surface area (Å²) in [6, 6.07) is 7.96. The van der Waals surface area contributed by atoms with Gasteiger partial charge in [0.15, 0.2) is 0 Å². The molecule has 1 atom stereocenters. The first-order chi connectivity index (χ1) is 8.45. The molecule has 17 heavy (non-hydrogen) atoms. The molecular formula is C13H15N2O2. The number of hydrogen-bond acceptors (Lipinski definition) is 3. The summed E-state index contributed by atoms with van der Waals surface area (Å²) in [6.45, 7) is 2.67. The van der Waals surface area contributed by atoms with Crippen LogP contribution in [0.25, 0.3) is 0 Å². The lowest BCUT2D eigenvalue weighted by atomic mass is 9.93. The van der Waals surface area contributed by atoms with Crippen LogP contribution in [0.4, 0.5) is 0 Å². The Morgan fingerprint density at radius 1 is 1.18 bits per heavy atom. The van der Waals surface area contributed by atoms with Crippen molar-refractivity contribution in [1.82, 2.24) is 10.6 Å². The van der Waals surface area contributed by atoms with Crippen LogP contribution in [0.3, 0.4) is 0 Å². The molecule has 2 aromatic heterocycles. The third-order valence-electron chi connectivity index (χ3n) is 3.09. The van der Waals surface area contributed by atoms with E-state index in [1.165, 1.54) is 0 Å². The van der Waals surface area contributed by atoms with Crippen molar-refractivity contribution in [2.24, 2.45) is 0 Å².